The Kier molecular flexibility index (Phi) is 6.22. The number of aliphatic imine (C=N–C) groups is 1. The van der Waals surface area contributed by atoms with Crippen molar-refractivity contribution < 1.29 is 0 Å². The highest BCUT2D eigenvalue weighted by Crippen LogP contribution is 2.18. The summed E-state index contributed by atoms with van der Waals surface area (Å²) in [5, 5.41) is 13.8. The van der Waals surface area contributed by atoms with Crippen LogP contribution >= 0.6 is 0 Å². The fraction of sp³-hybridized carbons (Fsp3) is 0.364. The van der Waals surface area contributed by atoms with Gasteiger partial charge in [0, 0.05) is 44.0 Å². The number of rotatable bonds is 5. The van der Waals surface area contributed by atoms with Gasteiger partial charge in [-0.15, -0.1) is 0 Å². The highest BCUT2D eigenvalue weighted by atomic mass is 15.2. The van der Waals surface area contributed by atoms with Crippen LogP contribution in [0.4, 0.5) is 5.82 Å². The number of pyridine rings is 1. The molecule has 0 amide bonds. The molecule has 30 heavy (non-hydrogen) atoms. The zero-order valence-corrected chi connectivity index (χ0v) is 17.5. The summed E-state index contributed by atoms with van der Waals surface area (Å²) in [7, 11) is 1.81. The van der Waals surface area contributed by atoms with E-state index in [1.807, 2.05) is 32.2 Å². The van der Waals surface area contributed by atoms with E-state index in [2.05, 4.69) is 65.0 Å². The first kappa shape index (κ1) is 19.9. The largest absolute Gasteiger partial charge is 0.356 e. The molecule has 0 unspecified atom stereocenters. The van der Waals surface area contributed by atoms with Crippen molar-refractivity contribution in [3.05, 3.63) is 60.0 Å². The Labute approximate surface area is 176 Å². The highest BCUT2D eigenvalue weighted by Gasteiger charge is 2.21. The average molecular weight is 405 g/mol. The summed E-state index contributed by atoms with van der Waals surface area (Å²) in [4.78, 5) is 15.6. The molecule has 3 N–H and O–H groups in total. The number of piperidine rings is 1. The van der Waals surface area contributed by atoms with Gasteiger partial charge >= 0.3 is 0 Å². The van der Waals surface area contributed by atoms with Crippen LogP contribution < -0.4 is 15.5 Å². The number of H-pyrrole nitrogens is 1. The van der Waals surface area contributed by atoms with Gasteiger partial charge in [-0.3, -0.25) is 10.1 Å². The minimum Gasteiger partial charge on any atom is -0.356 e. The van der Waals surface area contributed by atoms with Crippen LogP contribution in [0.3, 0.4) is 0 Å². The van der Waals surface area contributed by atoms with Crippen molar-refractivity contribution in [2.75, 3.05) is 25.0 Å². The van der Waals surface area contributed by atoms with Gasteiger partial charge in [-0.1, -0.05) is 24.3 Å². The van der Waals surface area contributed by atoms with E-state index in [0.717, 1.165) is 60.4 Å². The molecule has 8 heteroatoms. The maximum absolute atomic E-state index is 4.65. The average Bonchev–Trinajstić information content (AvgIpc) is 3.32. The molecule has 0 spiro atoms. The van der Waals surface area contributed by atoms with Gasteiger partial charge in [-0.05, 0) is 43.5 Å². The van der Waals surface area contributed by atoms with Crippen LogP contribution in [-0.4, -0.2) is 52.3 Å². The lowest BCUT2D eigenvalue weighted by molar-refractivity contribution is 0.459. The molecule has 0 saturated carbocycles. The number of nitrogens with one attached hydrogen (secondary N) is 3. The van der Waals surface area contributed by atoms with Gasteiger partial charge in [-0.2, -0.15) is 5.10 Å². The van der Waals surface area contributed by atoms with Crippen LogP contribution in [0.2, 0.25) is 0 Å². The Bertz CT molecular complexity index is 974. The third-order valence-electron chi connectivity index (χ3n) is 5.33. The molecule has 0 bridgehead atoms. The van der Waals surface area contributed by atoms with Crippen LogP contribution in [0.25, 0.3) is 11.4 Å². The predicted molar refractivity (Wildman–Crippen MR) is 119 cm³/mol. The van der Waals surface area contributed by atoms with E-state index in [-0.39, 0.29) is 0 Å². The number of hydrogen-bond acceptors (Lipinski definition) is 5. The Morgan fingerprint density at radius 1 is 1.20 bits per heavy atom. The normalized spacial score (nSPS) is 15.3. The molecule has 0 aliphatic carbocycles. The molecule has 1 aliphatic rings. The van der Waals surface area contributed by atoms with Crippen LogP contribution in [0, 0.1) is 6.92 Å². The van der Waals surface area contributed by atoms with Crippen molar-refractivity contribution >= 4 is 11.8 Å². The maximum Gasteiger partial charge on any atom is 0.191 e. The van der Waals surface area contributed by atoms with Gasteiger partial charge in [0.05, 0.1) is 0 Å². The summed E-state index contributed by atoms with van der Waals surface area (Å²) >= 11 is 0. The summed E-state index contributed by atoms with van der Waals surface area (Å²) in [6, 6.07) is 14.8. The Morgan fingerprint density at radius 3 is 2.77 bits per heavy atom. The molecule has 0 radical (unpaired) electrons. The van der Waals surface area contributed by atoms with Gasteiger partial charge in [0.25, 0.3) is 0 Å². The number of aromatic amines is 1. The molecule has 0 atom stereocenters. The first-order valence-corrected chi connectivity index (χ1v) is 10.3. The molecule has 1 saturated heterocycles. The molecular weight excluding hydrogens is 376 g/mol. The lowest BCUT2D eigenvalue weighted by atomic mass is 10.1. The van der Waals surface area contributed by atoms with Crippen molar-refractivity contribution in [1.29, 1.82) is 0 Å². The maximum atomic E-state index is 4.65. The monoisotopic (exact) mass is 404 g/mol. The number of benzene rings is 1. The third-order valence-corrected chi connectivity index (χ3v) is 5.33. The number of aromatic nitrogens is 4. The van der Waals surface area contributed by atoms with E-state index in [1.165, 1.54) is 6.33 Å². The Morgan fingerprint density at radius 2 is 2.03 bits per heavy atom. The number of guanidine groups is 1. The predicted octanol–water partition coefficient (Wildman–Crippen LogP) is 2.51. The number of aryl methyl sites for hydroxylation is 1. The van der Waals surface area contributed by atoms with Gasteiger partial charge < -0.3 is 15.5 Å². The lowest BCUT2D eigenvalue weighted by Gasteiger charge is -2.34. The second-order valence-electron chi connectivity index (χ2n) is 7.50. The summed E-state index contributed by atoms with van der Waals surface area (Å²) in [6.45, 7) is 4.71. The molecule has 1 aliphatic heterocycles. The molecule has 3 aromatic rings. The lowest BCUT2D eigenvalue weighted by Crippen LogP contribution is -2.48. The molecule has 1 aromatic carbocycles. The summed E-state index contributed by atoms with van der Waals surface area (Å²) < 4.78 is 0. The van der Waals surface area contributed by atoms with Crippen molar-refractivity contribution in [2.45, 2.75) is 32.4 Å². The third kappa shape index (κ3) is 4.94. The van der Waals surface area contributed by atoms with E-state index in [0.29, 0.717) is 12.6 Å². The van der Waals surface area contributed by atoms with Crippen molar-refractivity contribution in [3.63, 3.8) is 0 Å². The van der Waals surface area contributed by atoms with Crippen molar-refractivity contribution in [2.24, 2.45) is 4.99 Å². The van der Waals surface area contributed by atoms with Crippen LogP contribution in [-0.2, 0) is 6.54 Å². The molecule has 2 aromatic heterocycles. The fourth-order valence-electron chi connectivity index (χ4n) is 3.70. The van der Waals surface area contributed by atoms with E-state index in [1.54, 1.807) is 0 Å². The molecule has 4 rings (SSSR count). The number of hydrogen-bond donors (Lipinski definition) is 3. The molecule has 8 nitrogen and oxygen atoms in total. The first-order chi connectivity index (χ1) is 14.7. The molecule has 1 fully saturated rings. The summed E-state index contributed by atoms with van der Waals surface area (Å²) in [5.74, 6) is 2.67. The van der Waals surface area contributed by atoms with Gasteiger partial charge in [-0.25, -0.2) is 9.97 Å². The van der Waals surface area contributed by atoms with Gasteiger partial charge in [0.1, 0.15) is 12.1 Å². The number of anilines is 1. The number of nitrogens with zero attached hydrogens (tertiary/aromatic N) is 5. The Balaban J connectivity index is 1.28. The van der Waals surface area contributed by atoms with Crippen molar-refractivity contribution in [1.82, 2.24) is 30.8 Å². The molecule has 156 valence electrons. The van der Waals surface area contributed by atoms with E-state index in [4.69, 9.17) is 0 Å². The highest BCUT2D eigenvalue weighted by molar-refractivity contribution is 5.80. The second kappa shape index (κ2) is 9.39. The Hall–Kier alpha value is -3.42. The first-order valence-electron chi connectivity index (χ1n) is 10.3. The summed E-state index contributed by atoms with van der Waals surface area (Å²) in [5.41, 5.74) is 3.24. The minimum atomic E-state index is 0.401. The zero-order chi connectivity index (χ0) is 20.8. The zero-order valence-electron chi connectivity index (χ0n) is 17.5. The summed E-state index contributed by atoms with van der Waals surface area (Å²) in [6.07, 6.45) is 3.63. The van der Waals surface area contributed by atoms with Crippen molar-refractivity contribution in [3.8, 4) is 11.4 Å². The fourth-order valence-corrected chi connectivity index (χ4v) is 3.70. The minimum absolute atomic E-state index is 0.401. The second-order valence-corrected chi connectivity index (χ2v) is 7.50. The van der Waals surface area contributed by atoms with E-state index < -0.39 is 0 Å². The quantitative estimate of drug-likeness (QED) is 0.447. The molecular formula is C22H28N8. The standard InChI is InChI=1S/C22H28N8/c1-16-5-3-8-20(27-16)30-11-9-19(10-12-30)28-22(23-2)24-14-17-6-4-7-18(13-17)21-25-15-26-29-21/h3-8,13,15,19H,9-12,14H2,1-2H3,(H2,23,24,28)(H,25,26,29). The molecule has 3 heterocycles. The van der Waals surface area contributed by atoms with Crippen LogP contribution in [0.1, 0.15) is 24.1 Å². The SMILES string of the molecule is CN=C(NCc1cccc(-c2ncn[nH]2)c1)NC1CCN(c2cccc(C)n2)CC1. The van der Waals surface area contributed by atoms with Crippen LogP contribution in [0.15, 0.2) is 53.8 Å². The van der Waals surface area contributed by atoms with Gasteiger partial charge in [0.15, 0.2) is 11.8 Å². The topological polar surface area (TPSA) is 94.1 Å². The van der Waals surface area contributed by atoms with Crippen LogP contribution in [0.5, 0.6) is 0 Å². The smallest absolute Gasteiger partial charge is 0.191 e. The van der Waals surface area contributed by atoms with E-state index in [9.17, 15) is 0 Å². The van der Waals surface area contributed by atoms with E-state index >= 15 is 0 Å². The van der Waals surface area contributed by atoms with Gasteiger partial charge in [0.2, 0.25) is 0 Å².